The molecular formula is C26H35FN2O5S2. The number of sulfonamides is 1. The summed E-state index contributed by atoms with van der Waals surface area (Å²) in [6.45, 7) is 5.93. The molecule has 0 aliphatic carbocycles. The molecule has 0 saturated carbocycles. The van der Waals surface area contributed by atoms with Crippen LogP contribution in [0.4, 0.5) is 15.8 Å². The number of anilines is 2. The highest BCUT2D eigenvalue weighted by molar-refractivity contribution is 7.98. The molecule has 0 radical (unpaired) electrons. The SMILES string of the molecule is CCCCC1CN(c2ccc(F)cc2)c2cc(SC)c(OCC(C)(C)C(=O)OC)cc2S(=O)(=O)N1C. The fourth-order valence-corrected chi connectivity index (χ4v) is 6.28. The average molecular weight is 539 g/mol. The molecule has 0 fully saturated rings. The first-order valence-electron chi connectivity index (χ1n) is 11.9. The van der Waals surface area contributed by atoms with Crippen molar-refractivity contribution in [1.29, 1.82) is 0 Å². The number of hydrogen-bond acceptors (Lipinski definition) is 7. The molecule has 1 aliphatic heterocycles. The smallest absolute Gasteiger partial charge is 0.314 e. The van der Waals surface area contributed by atoms with Gasteiger partial charge in [-0.25, -0.2) is 12.8 Å². The molecule has 7 nitrogen and oxygen atoms in total. The van der Waals surface area contributed by atoms with Crippen molar-refractivity contribution in [2.45, 2.75) is 55.9 Å². The van der Waals surface area contributed by atoms with Crippen LogP contribution in [0.2, 0.25) is 0 Å². The Bertz CT molecular complexity index is 1190. The molecule has 0 saturated heterocycles. The lowest BCUT2D eigenvalue weighted by Gasteiger charge is -2.30. The molecule has 198 valence electrons. The fourth-order valence-electron chi connectivity index (χ4n) is 4.17. The number of likely N-dealkylation sites (N-methyl/N-ethyl adjacent to an activating group) is 1. The van der Waals surface area contributed by atoms with Gasteiger partial charge in [-0.3, -0.25) is 4.79 Å². The minimum atomic E-state index is -3.87. The van der Waals surface area contributed by atoms with Crippen LogP contribution >= 0.6 is 11.8 Å². The predicted molar refractivity (Wildman–Crippen MR) is 141 cm³/mol. The molecule has 0 spiro atoms. The van der Waals surface area contributed by atoms with Crippen molar-refractivity contribution in [3.63, 3.8) is 0 Å². The summed E-state index contributed by atoms with van der Waals surface area (Å²) >= 11 is 1.42. The van der Waals surface area contributed by atoms with Gasteiger partial charge in [-0.15, -0.1) is 11.8 Å². The van der Waals surface area contributed by atoms with Crippen LogP contribution in [-0.2, 0) is 19.6 Å². The summed E-state index contributed by atoms with van der Waals surface area (Å²) in [7, 11) is -0.943. The Balaban J connectivity index is 2.16. The van der Waals surface area contributed by atoms with Gasteiger partial charge >= 0.3 is 5.97 Å². The van der Waals surface area contributed by atoms with Gasteiger partial charge in [0, 0.05) is 31.4 Å². The third-order valence-corrected chi connectivity index (χ3v) is 9.15. The van der Waals surface area contributed by atoms with Gasteiger partial charge in [0.2, 0.25) is 10.0 Å². The number of hydrogen-bond donors (Lipinski definition) is 0. The monoisotopic (exact) mass is 538 g/mol. The van der Waals surface area contributed by atoms with Gasteiger partial charge in [-0.1, -0.05) is 19.8 Å². The van der Waals surface area contributed by atoms with E-state index in [9.17, 15) is 17.6 Å². The number of thioether (sulfide) groups is 1. The molecule has 2 aromatic carbocycles. The van der Waals surface area contributed by atoms with Crippen LogP contribution in [0.3, 0.4) is 0 Å². The van der Waals surface area contributed by atoms with E-state index in [4.69, 9.17) is 9.47 Å². The number of unbranched alkanes of at least 4 members (excludes halogenated alkanes) is 1. The maximum atomic E-state index is 13.8. The first-order chi connectivity index (χ1) is 17.0. The zero-order chi connectivity index (χ0) is 26.7. The molecule has 0 aromatic heterocycles. The van der Waals surface area contributed by atoms with Crippen molar-refractivity contribution in [2.75, 3.05) is 38.5 Å². The van der Waals surface area contributed by atoms with E-state index in [-0.39, 0.29) is 23.4 Å². The first-order valence-corrected chi connectivity index (χ1v) is 14.6. The van der Waals surface area contributed by atoms with Gasteiger partial charge < -0.3 is 14.4 Å². The van der Waals surface area contributed by atoms with Gasteiger partial charge in [0.05, 0.1) is 23.1 Å². The highest BCUT2D eigenvalue weighted by Gasteiger charge is 2.38. The summed E-state index contributed by atoms with van der Waals surface area (Å²) in [6.07, 6.45) is 4.40. The van der Waals surface area contributed by atoms with Crippen molar-refractivity contribution in [3.8, 4) is 5.75 Å². The topological polar surface area (TPSA) is 76.1 Å². The number of methoxy groups -OCH3 is 1. The molecule has 0 bridgehead atoms. The fraction of sp³-hybridized carbons (Fsp3) is 0.500. The van der Waals surface area contributed by atoms with Crippen LogP contribution in [0.15, 0.2) is 46.2 Å². The molecule has 1 aliphatic rings. The van der Waals surface area contributed by atoms with E-state index in [0.29, 0.717) is 30.1 Å². The molecule has 1 atom stereocenters. The van der Waals surface area contributed by atoms with Crippen LogP contribution in [0.5, 0.6) is 5.75 Å². The first kappa shape index (κ1) is 28.3. The van der Waals surface area contributed by atoms with E-state index in [0.717, 1.165) is 17.7 Å². The lowest BCUT2D eigenvalue weighted by atomic mass is 9.95. The maximum Gasteiger partial charge on any atom is 0.314 e. The minimum Gasteiger partial charge on any atom is -0.491 e. The van der Waals surface area contributed by atoms with Gasteiger partial charge in [0.25, 0.3) is 0 Å². The molecule has 0 amide bonds. The number of benzene rings is 2. The van der Waals surface area contributed by atoms with E-state index in [2.05, 4.69) is 6.92 Å². The summed E-state index contributed by atoms with van der Waals surface area (Å²) < 4.78 is 53.7. The number of carbonyl (C=O) groups excluding carboxylic acids is 1. The van der Waals surface area contributed by atoms with Gasteiger partial charge in [0.1, 0.15) is 23.1 Å². The zero-order valence-electron chi connectivity index (χ0n) is 21.7. The maximum absolute atomic E-state index is 13.8. The summed E-state index contributed by atoms with van der Waals surface area (Å²) in [6, 6.07) is 9.15. The molecule has 36 heavy (non-hydrogen) atoms. The second kappa shape index (κ2) is 11.4. The summed E-state index contributed by atoms with van der Waals surface area (Å²) in [4.78, 5) is 14.9. The molecule has 0 N–H and O–H groups in total. The Morgan fingerprint density at radius 1 is 1.22 bits per heavy atom. The van der Waals surface area contributed by atoms with E-state index >= 15 is 0 Å². The molecule has 1 heterocycles. The van der Waals surface area contributed by atoms with Gasteiger partial charge in [0.15, 0.2) is 0 Å². The van der Waals surface area contributed by atoms with Crippen molar-refractivity contribution < 1.29 is 27.1 Å². The van der Waals surface area contributed by atoms with E-state index in [1.165, 1.54) is 35.3 Å². The average Bonchev–Trinajstić information content (AvgIpc) is 2.93. The molecular weight excluding hydrogens is 503 g/mol. The summed E-state index contributed by atoms with van der Waals surface area (Å²) in [5.41, 5.74) is 0.298. The summed E-state index contributed by atoms with van der Waals surface area (Å²) in [5.74, 6) is -0.402. The third kappa shape index (κ3) is 5.81. The van der Waals surface area contributed by atoms with Crippen LogP contribution < -0.4 is 9.64 Å². The van der Waals surface area contributed by atoms with Crippen LogP contribution in [0.25, 0.3) is 0 Å². The van der Waals surface area contributed by atoms with Gasteiger partial charge in [-0.2, -0.15) is 4.31 Å². The minimum absolute atomic E-state index is 0.0166. The lowest BCUT2D eigenvalue weighted by Crippen LogP contribution is -2.40. The number of esters is 1. The normalized spacial score (nSPS) is 17.9. The lowest BCUT2D eigenvalue weighted by molar-refractivity contribution is -0.152. The summed E-state index contributed by atoms with van der Waals surface area (Å²) in [5, 5.41) is 0. The van der Waals surface area contributed by atoms with Crippen LogP contribution in [-0.4, -0.2) is 58.3 Å². The Kier molecular flexibility index (Phi) is 8.95. The highest BCUT2D eigenvalue weighted by Crippen LogP contribution is 2.43. The molecule has 3 rings (SSSR count). The largest absolute Gasteiger partial charge is 0.491 e. The number of fused-ring (bicyclic) bond motifs is 1. The Labute approximate surface area is 218 Å². The number of carbonyl (C=O) groups is 1. The Morgan fingerprint density at radius 2 is 1.89 bits per heavy atom. The van der Waals surface area contributed by atoms with E-state index < -0.39 is 21.4 Å². The quantitative estimate of drug-likeness (QED) is 0.310. The molecule has 10 heteroatoms. The number of rotatable bonds is 9. The number of nitrogens with zero attached hydrogens (tertiary/aromatic N) is 2. The second-order valence-electron chi connectivity index (χ2n) is 9.54. The Hall–Kier alpha value is -2.30. The van der Waals surface area contributed by atoms with Crippen molar-refractivity contribution in [3.05, 3.63) is 42.2 Å². The van der Waals surface area contributed by atoms with Crippen LogP contribution in [0.1, 0.15) is 40.0 Å². The third-order valence-electron chi connectivity index (χ3n) is 6.46. The standard InChI is InChI=1S/C26H35FN2O5S2/c1-7-8-9-20-16-29(19-12-10-18(27)11-13-19)21-14-23(35-6)22(15-24(21)36(31,32)28(20)4)34-17-26(2,3)25(30)33-5/h10-15,20H,7-9,16-17H2,1-6H3. The number of halogens is 1. The second-order valence-corrected chi connectivity index (χ2v) is 12.4. The van der Waals surface area contributed by atoms with Crippen molar-refractivity contribution in [2.24, 2.45) is 5.41 Å². The van der Waals surface area contributed by atoms with Crippen molar-refractivity contribution in [1.82, 2.24) is 4.31 Å². The van der Waals surface area contributed by atoms with Gasteiger partial charge in [-0.05, 0) is 56.9 Å². The molecule has 1 unspecified atom stereocenters. The van der Waals surface area contributed by atoms with E-state index in [1.54, 1.807) is 45.2 Å². The number of ether oxygens (including phenoxy) is 2. The van der Waals surface area contributed by atoms with E-state index in [1.807, 2.05) is 11.2 Å². The zero-order valence-corrected chi connectivity index (χ0v) is 23.3. The van der Waals surface area contributed by atoms with Crippen molar-refractivity contribution >= 4 is 39.1 Å². The highest BCUT2D eigenvalue weighted by atomic mass is 32.2. The predicted octanol–water partition coefficient (Wildman–Crippen LogP) is 5.46. The van der Waals surface area contributed by atoms with Crippen LogP contribution in [0, 0.1) is 11.2 Å². The Morgan fingerprint density at radius 3 is 2.47 bits per heavy atom. The molecule has 2 aromatic rings.